The lowest BCUT2D eigenvalue weighted by molar-refractivity contribution is -0.111. The van der Waals surface area contributed by atoms with Crippen molar-refractivity contribution >= 4 is 46.9 Å². The van der Waals surface area contributed by atoms with Gasteiger partial charge in [-0.15, -0.1) is 0 Å². The van der Waals surface area contributed by atoms with Gasteiger partial charge in [-0.25, -0.2) is 0 Å². The van der Waals surface area contributed by atoms with Gasteiger partial charge in [-0.2, -0.15) is 8.78 Å². The normalized spacial score (nSPS) is 13.7. The lowest BCUT2D eigenvalue weighted by Gasteiger charge is -2.10. The number of amides is 2. The lowest BCUT2D eigenvalue weighted by Crippen LogP contribution is -2.25. The molecule has 0 bridgehead atoms. The van der Waals surface area contributed by atoms with Gasteiger partial charge in [0.2, 0.25) is 5.91 Å². The second-order valence-corrected chi connectivity index (χ2v) is 7.59. The van der Waals surface area contributed by atoms with Crippen LogP contribution in [0.15, 0.2) is 53.4 Å². The van der Waals surface area contributed by atoms with Crippen LogP contribution in [0.4, 0.5) is 14.5 Å². The minimum Gasteiger partial charge on any atom is -0.349 e. The van der Waals surface area contributed by atoms with Crippen LogP contribution < -0.4 is 10.6 Å². The second-order valence-electron chi connectivity index (χ2n) is 6.19. The number of rotatable bonds is 7. The summed E-state index contributed by atoms with van der Waals surface area (Å²) in [5.41, 5.74) is 1.51. The summed E-state index contributed by atoms with van der Waals surface area (Å²) >= 11 is 6.23. The number of halogens is 3. The van der Waals surface area contributed by atoms with E-state index < -0.39 is 11.7 Å². The number of carbonyl (C=O) groups excluding carboxylic acids is 2. The molecule has 0 heterocycles. The number of hydrogen-bond donors (Lipinski definition) is 2. The van der Waals surface area contributed by atoms with Crippen molar-refractivity contribution in [3.05, 3.63) is 64.7 Å². The molecule has 2 aromatic carbocycles. The zero-order valence-electron chi connectivity index (χ0n) is 14.6. The first kappa shape index (κ1) is 20.4. The first-order valence-corrected chi connectivity index (χ1v) is 9.81. The van der Waals surface area contributed by atoms with E-state index in [1.807, 2.05) is 0 Å². The van der Waals surface area contributed by atoms with Crippen LogP contribution in [0.1, 0.15) is 28.8 Å². The van der Waals surface area contributed by atoms with Crippen molar-refractivity contribution in [2.24, 2.45) is 0 Å². The van der Waals surface area contributed by atoms with Gasteiger partial charge in [-0.05, 0) is 48.7 Å². The number of thioether (sulfide) groups is 1. The van der Waals surface area contributed by atoms with E-state index in [-0.39, 0.29) is 39.3 Å². The molecule has 2 N–H and O–H groups in total. The topological polar surface area (TPSA) is 58.2 Å². The van der Waals surface area contributed by atoms with Crippen LogP contribution in [-0.4, -0.2) is 23.6 Å². The Balaban J connectivity index is 1.62. The van der Waals surface area contributed by atoms with Crippen molar-refractivity contribution in [2.45, 2.75) is 29.5 Å². The number of hydrogen-bond acceptors (Lipinski definition) is 3. The Kier molecular flexibility index (Phi) is 6.70. The highest BCUT2D eigenvalue weighted by molar-refractivity contribution is 7.99. The average molecular weight is 423 g/mol. The highest BCUT2D eigenvalue weighted by Gasteiger charge is 2.23. The largest absolute Gasteiger partial charge is 0.349 e. The van der Waals surface area contributed by atoms with Crippen molar-refractivity contribution in [1.82, 2.24) is 5.32 Å². The zero-order valence-corrected chi connectivity index (χ0v) is 16.2. The first-order valence-electron chi connectivity index (χ1n) is 8.55. The van der Waals surface area contributed by atoms with Crippen molar-refractivity contribution in [2.75, 3.05) is 5.32 Å². The number of carbonyl (C=O) groups is 2. The average Bonchev–Trinajstić information content (AvgIpc) is 3.47. The highest BCUT2D eigenvalue weighted by atomic mass is 35.5. The summed E-state index contributed by atoms with van der Waals surface area (Å²) in [7, 11) is 0. The number of anilines is 1. The van der Waals surface area contributed by atoms with Crippen molar-refractivity contribution in [3.8, 4) is 0 Å². The molecular formula is C20H17ClF2N2O2S. The molecule has 146 valence electrons. The van der Waals surface area contributed by atoms with Gasteiger partial charge in [-0.3, -0.25) is 9.59 Å². The summed E-state index contributed by atoms with van der Waals surface area (Å²) in [6.07, 6.45) is 4.90. The van der Waals surface area contributed by atoms with E-state index in [9.17, 15) is 18.4 Å². The summed E-state index contributed by atoms with van der Waals surface area (Å²) in [5, 5.41) is 5.61. The Labute approximate surface area is 170 Å². The molecule has 4 nitrogen and oxygen atoms in total. The smallest absolute Gasteiger partial charge is 0.289 e. The molecule has 1 fully saturated rings. The van der Waals surface area contributed by atoms with Gasteiger partial charge in [0.05, 0.1) is 15.6 Å². The summed E-state index contributed by atoms with van der Waals surface area (Å²) in [6.45, 7) is 0. The Morgan fingerprint density at radius 3 is 2.50 bits per heavy atom. The maximum Gasteiger partial charge on any atom is 0.289 e. The summed E-state index contributed by atoms with van der Waals surface area (Å²) < 4.78 is 25.4. The zero-order chi connectivity index (χ0) is 20.1. The number of nitrogens with one attached hydrogen (secondary N) is 2. The van der Waals surface area contributed by atoms with E-state index >= 15 is 0 Å². The van der Waals surface area contributed by atoms with Crippen LogP contribution in [0.2, 0.25) is 5.02 Å². The molecule has 0 unspecified atom stereocenters. The van der Waals surface area contributed by atoms with Crippen LogP contribution in [0.5, 0.6) is 0 Å². The third-order valence-electron chi connectivity index (χ3n) is 3.94. The van der Waals surface area contributed by atoms with Crippen LogP contribution in [0, 0.1) is 0 Å². The first-order chi connectivity index (χ1) is 13.4. The van der Waals surface area contributed by atoms with Gasteiger partial charge in [0.1, 0.15) is 0 Å². The van der Waals surface area contributed by atoms with Crippen LogP contribution in [-0.2, 0) is 4.79 Å². The molecule has 2 amide bonds. The lowest BCUT2D eigenvalue weighted by atomic mass is 10.1. The van der Waals surface area contributed by atoms with Gasteiger partial charge in [0.15, 0.2) is 0 Å². The molecule has 1 aliphatic carbocycles. The van der Waals surface area contributed by atoms with E-state index in [2.05, 4.69) is 10.6 Å². The van der Waals surface area contributed by atoms with E-state index in [0.717, 1.165) is 18.4 Å². The fraction of sp³-hybridized carbons (Fsp3) is 0.200. The Morgan fingerprint density at radius 2 is 1.86 bits per heavy atom. The van der Waals surface area contributed by atoms with Crippen molar-refractivity contribution in [1.29, 1.82) is 0 Å². The number of benzene rings is 2. The molecule has 28 heavy (non-hydrogen) atoms. The van der Waals surface area contributed by atoms with Gasteiger partial charge in [0, 0.05) is 17.7 Å². The molecule has 0 spiro atoms. The van der Waals surface area contributed by atoms with Crippen molar-refractivity contribution < 1.29 is 18.4 Å². The monoisotopic (exact) mass is 422 g/mol. The van der Waals surface area contributed by atoms with Crippen LogP contribution in [0.25, 0.3) is 6.08 Å². The van der Waals surface area contributed by atoms with E-state index in [0.29, 0.717) is 5.56 Å². The Bertz CT molecular complexity index is 900. The molecule has 0 saturated heterocycles. The molecular weight excluding hydrogens is 406 g/mol. The van der Waals surface area contributed by atoms with E-state index in [4.69, 9.17) is 11.6 Å². The predicted molar refractivity (Wildman–Crippen MR) is 108 cm³/mol. The van der Waals surface area contributed by atoms with Crippen LogP contribution >= 0.6 is 23.4 Å². The standard InChI is InChI=1S/C20H17ClF2N2O2S/c21-15-2-1-3-16(18(15)28-20(22)23)25-17(26)11-6-12-4-7-13(8-5-12)19(27)24-14-9-10-14/h1-8,11,14,20H,9-10H2,(H,24,27)(H,25,26)/b11-6+. The summed E-state index contributed by atoms with van der Waals surface area (Å²) in [6, 6.07) is 11.7. The highest BCUT2D eigenvalue weighted by Crippen LogP contribution is 2.37. The minimum absolute atomic E-state index is 0.110. The fourth-order valence-corrected chi connectivity index (χ4v) is 3.32. The van der Waals surface area contributed by atoms with Crippen LogP contribution in [0.3, 0.4) is 0 Å². The third kappa shape index (κ3) is 5.81. The molecule has 0 aliphatic heterocycles. The molecule has 0 aromatic heterocycles. The van der Waals surface area contributed by atoms with Gasteiger partial charge in [-0.1, -0.05) is 41.6 Å². The molecule has 2 aromatic rings. The molecule has 1 saturated carbocycles. The quantitative estimate of drug-likeness (QED) is 0.476. The Morgan fingerprint density at radius 1 is 1.14 bits per heavy atom. The summed E-state index contributed by atoms with van der Waals surface area (Å²) in [5.74, 6) is -3.24. The molecule has 8 heteroatoms. The third-order valence-corrected chi connectivity index (χ3v) is 5.23. The molecule has 0 atom stereocenters. The molecule has 3 rings (SSSR count). The maximum atomic E-state index is 12.7. The maximum absolute atomic E-state index is 12.7. The molecule has 1 aliphatic rings. The number of alkyl halides is 2. The van der Waals surface area contributed by atoms with Crippen molar-refractivity contribution in [3.63, 3.8) is 0 Å². The SMILES string of the molecule is O=C(/C=C/c1ccc(C(=O)NC2CC2)cc1)Nc1cccc(Cl)c1SC(F)F. The van der Waals surface area contributed by atoms with E-state index in [1.165, 1.54) is 18.2 Å². The van der Waals surface area contributed by atoms with Gasteiger partial charge in [0.25, 0.3) is 11.7 Å². The van der Waals surface area contributed by atoms with Gasteiger partial charge >= 0.3 is 0 Å². The molecule has 0 radical (unpaired) electrons. The second kappa shape index (κ2) is 9.21. The summed E-state index contributed by atoms with van der Waals surface area (Å²) in [4.78, 5) is 24.2. The predicted octanol–water partition coefficient (Wildman–Crippen LogP) is 5.20. The van der Waals surface area contributed by atoms with Gasteiger partial charge < -0.3 is 10.6 Å². The van der Waals surface area contributed by atoms with E-state index in [1.54, 1.807) is 36.4 Å². The fourth-order valence-electron chi connectivity index (χ4n) is 2.40. The minimum atomic E-state index is -2.65. The Hall–Kier alpha value is -2.38.